The third-order valence-corrected chi connectivity index (χ3v) is 4.34. The van der Waals surface area contributed by atoms with Crippen LogP contribution in [0.15, 0.2) is 36.5 Å². The zero-order valence-corrected chi connectivity index (χ0v) is 15.1. The lowest BCUT2D eigenvalue weighted by atomic mass is 10.1. The molecule has 0 unspecified atom stereocenters. The molecule has 6 nitrogen and oxygen atoms in total. The summed E-state index contributed by atoms with van der Waals surface area (Å²) in [4.78, 5) is 13.9. The molecule has 1 aliphatic heterocycles. The van der Waals surface area contributed by atoms with Crippen LogP contribution in [0.4, 0.5) is 10.6 Å². The number of likely N-dealkylation sites (tertiary alicyclic amines) is 1. The van der Waals surface area contributed by atoms with Gasteiger partial charge < -0.3 is 15.4 Å². The predicted molar refractivity (Wildman–Crippen MR) is 98.2 cm³/mol. The van der Waals surface area contributed by atoms with E-state index in [-0.39, 0.29) is 12.1 Å². The van der Waals surface area contributed by atoms with Crippen molar-refractivity contribution < 1.29 is 9.53 Å². The van der Waals surface area contributed by atoms with Crippen LogP contribution in [0.5, 0.6) is 0 Å². The fourth-order valence-corrected chi connectivity index (χ4v) is 3.07. The van der Waals surface area contributed by atoms with Gasteiger partial charge >= 0.3 is 6.09 Å². The van der Waals surface area contributed by atoms with Crippen molar-refractivity contribution in [3.8, 4) is 11.1 Å². The summed E-state index contributed by atoms with van der Waals surface area (Å²) >= 11 is 0. The highest BCUT2D eigenvalue weighted by molar-refractivity contribution is 5.73. The van der Waals surface area contributed by atoms with Crippen LogP contribution >= 0.6 is 0 Å². The first-order valence-electron chi connectivity index (χ1n) is 8.71. The summed E-state index contributed by atoms with van der Waals surface area (Å²) in [6.07, 6.45) is 3.46. The maximum Gasteiger partial charge on any atom is 0.410 e. The molecule has 1 aromatic heterocycles. The van der Waals surface area contributed by atoms with E-state index in [1.165, 1.54) is 0 Å². The molecule has 6 heteroatoms. The first-order valence-corrected chi connectivity index (χ1v) is 8.71. The third kappa shape index (κ3) is 4.13. The number of aromatic nitrogens is 2. The number of hydrogen-bond acceptors (Lipinski definition) is 4. The number of nitrogen functional groups attached to an aromatic ring is 1. The van der Waals surface area contributed by atoms with Gasteiger partial charge in [-0.05, 0) is 39.2 Å². The molecule has 134 valence electrons. The minimum Gasteiger partial charge on any atom is -0.444 e. The van der Waals surface area contributed by atoms with Gasteiger partial charge in [0.05, 0.1) is 6.04 Å². The molecule has 1 fully saturated rings. The van der Waals surface area contributed by atoms with Crippen molar-refractivity contribution in [2.75, 3.05) is 18.8 Å². The van der Waals surface area contributed by atoms with E-state index < -0.39 is 5.60 Å². The van der Waals surface area contributed by atoms with E-state index in [9.17, 15) is 4.79 Å². The molecule has 1 amide bonds. The molecule has 2 aromatic rings. The fourth-order valence-electron chi connectivity index (χ4n) is 3.07. The Morgan fingerprint density at radius 2 is 1.84 bits per heavy atom. The van der Waals surface area contributed by atoms with E-state index in [2.05, 4.69) is 5.10 Å². The highest BCUT2D eigenvalue weighted by Crippen LogP contribution is 2.29. The number of rotatable bonds is 2. The number of anilines is 1. The van der Waals surface area contributed by atoms with Gasteiger partial charge in [-0.25, -0.2) is 4.79 Å². The van der Waals surface area contributed by atoms with E-state index in [0.717, 1.165) is 24.0 Å². The minimum atomic E-state index is -0.463. The first-order chi connectivity index (χ1) is 11.8. The van der Waals surface area contributed by atoms with Crippen LogP contribution in [0.3, 0.4) is 0 Å². The Morgan fingerprint density at radius 1 is 1.20 bits per heavy atom. The van der Waals surface area contributed by atoms with Gasteiger partial charge in [-0.1, -0.05) is 30.3 Å². The lowest BCUT2D eigenvalue weighted by Gasteiger charge is -2.33. The Hall–Kier alpha value is -2.50. The number of hydrogen-bond donors (Lipinski definition) is 1. The van der Waals surface area contributed by atoms with E-state index in [1.807, 2.05) is 62.0 Å². The van der Waals surface area contributed by atoms with Crippen molar-refractivity contribution in [1.82, 2.24) is 14.7 Å². The molecule has 0 aliphatic carbocycles. The standard InChI is InChI=1S/C19H26N4O2/c1-19(2,3)25-18(24)22-11-9-15(10-12-22)23-13-16(17(20)21-23)14-7-5-4-6-8-14/h4-8,13,15H,9-12H2,1-3H3,(H2,20,21). The Bertz CT molecular complexity index is 726. The van der Waals surface area contributed by atoms with Crippen molar-refractivity contribution in [1.29, 1.82) is 0 Å². The van der Waals surface area contributed by atoms with Crippen molar-refractivity contribution >= 4 is 11.9 Å². The van der Waals surface area contributed by atoms with Crippen LogP contribution in [0.25, 0.3) is 11.1 Å². The lowest BCUT2D eigenvalue weighted by Crippen LogP contribution is -2.42. The van der Waals surface area contributed by atoms with Crippen LogP contribution in [0.2, 0.25) is 0 Å². The molecule has 2 N–H and O–H groups in total. The SMILES string of the molecule is CC(C)(C)OC(=O)N1CCC(n2cc(-c3ccccc3)c(N)n2)CC1. The molecule has 0 saturated carbocycles. The largest absolute Gasteiger partial charge is 0.444 e. The summed E-state index contributed by atoms with van der Waals surface area (Å²) in [6.45, 7) is 6.99. The van der Waals surface area contributed by atoms with Gasteiger partial charge in [0, 0.05) is 24.8 Å². The average Bonchev–Trinajstić information content (AvgIpc) is 2.96. The zero-order valence-electron chi connectivity index (χ0n) is 15.1. The topological polar surface area (TPSA) is 73.4 Å². The van der Waals surface area contributed by atoms with Crippen molar-refractivity contribution in [3.05, 3.63) is 36.5 Å². The second kappa shape index (κ2) is 6.78. The number of piperidine rings is 1. The summed E-state index contributed by atoms with van der Waals surface area (Å²) in [6, 6.07) is 10.3. The average molecular weight is 342 g/mol. The number of carbonyl (C=O) groups excluding carboxylic acids is 1. The molecule has 25 heavy (non-hydrogen) atoms. The van der Waals surface area contributed by atoms with Gasteiger partial charge in [0.1, 0.15) is 5.60 Å². The van der Waals surface area contributed by atoms with Gasteiger partial charge in [0.15, 0.2) is 5.82 Å². The van der Waals surface area contributed by atoms with E-state index in [0.29, 0.717) is 18.9 Å². The molecule has 0 spiro atoms. The molecular weight excluding hydrogens is 316 g/mol. The summed E-state index contributed by atoms with van der Waals surface area (Å²) in [5.74, 6) is 0.542. The van der Waals surface area contributed by atoms with Gasteiger partial charge in [-0.3, -0.25) is 4.68 Å². The molecule has 0 atom stereocenters. The number of ether oxygens (including phenoxy) is 1. The molecule has 1 aliphatic rings. The quantitative estimate of drug-likeness (QED) is 0.903. The van der Waals surface area contributed by atoms with E-state index in [1.54, 1.807) is 4.90 Å². The Morgan fingerprint density at radius 3 is 2.44 bits per heavy atom. The lowest BCUT2D eigenvalue weighted by molar-refractivity contribution is 0.0185. The number of carbonyl (C=O) groups is 1. The summed E-state index contributed by atoms with van der Waals surface area (Å²) in [5.41, 5.74) is 7.67. The van der Waals surface area contributed by atoms with Crippen LogP contribution < -0.4 is 5.73 Å². The predicted octanol–water partition coefficient (Wildman–Crippen LogP) is 3.70. The Kier molecular flexibility index (Phi) is 4.70. The van der Waals surface area contributed by atoms with Crippen molar-refractivity contribution in [2.24, 2.45) is 0 Å². The van der Waals surface area contributed by atoms with E-state index in [4.69, 9.17) is 10.5 Å². The maximum absolute atomic E-state index is 12.2. The summed E-state index contributed by atoms with van der Waals surface area (Å²) < 4.78 is 7.39. The molecule has 0 radical (unpaired) electrons. The smallest absolute Gasteiger partial charge is 0.410 e. The summed E-state index contributed by atoms with van der Waals surface area (Å²) in [7, 11) is 0. The molecule has 3 rings (SSSR count). The molecule has 1 aromatic carbocycles. The molecule has 0 bridgehead atoms. The highest BCUT2D eigenvalue weighted by Gasteiger charge is 2.28. The third-order valence-electron chi connectivity index (χ3n) is 4.34. The second-order valence-corrected chi connectivity index (χ2v) is 7.47. The zero-order chi connectivity index (χ0) is 18.0. The number of nitrogens with zero attached hydrogens (tertiary/aromatic N) is 3. The van der Waals surface area contributed by atoms with Gasteiger partial charge in [-0.2, -0.15) is 5.10 Å². The number of amides is 1. The van der Waals surface area contributed by atoms with Gasteiger partial charge in [-0.15, -0.1) is 0 Å². The van der Waals surface area contributed by atoms with Gasteiger partial charge in [0.2, 0.25) is 0 Å². The normalized spacial score (nSPS) is 16.0. The summed E-state index contributed by atoms with van der Waals surface area (Å²) in [5, 5.41) is 4.50. The van der Waals surface area contributed by atoms with Crippen molar-refractivity contribution in [2.45, 2.75) is 45.3 Å². The van der Waals surface area contributed by atoms with Crippen LogP contribution in [-0.4, -0.2) is 39.5 Å². The Balaban J connectivity index is 1.65. The Labute approximate surface area is 148 Å². The fraction of sp³-hybridized carbons (Fsp3) is 0.474. The number of nitrogens with two attached hydrogens (primary N) is 1. The van der Waals surface area contributed by atoms with E-state index >= 15 is 0 Å². The minimum absolute atomic E-state index is 0.240. The van der Waals surface area contributed by atoms with Crippen LogP contribution in [-0.2, 0) is 4.74 Å². The molecule has 1 saturated heterocycles. The maximum atomic E-state index is 12.2. The van der Waals surface area contributed by atoms with Gasteiger partial charge in [0.25, 0.3) is 0 Å². The van der Waals surface area contributed by atoms with Crippen molar-refractivity contribution in [3.63, 3.8) is 0 Å². The first kappa shape index (κ1) is 17.3. The second-order valence-electron chi connectivity index (χ2n) is 7.47. The molecule has 2 heterocycles. The van der Waals surface area contributed by atoms with Crippen LogP contribution in [0, 0.1) is 0 Å². The highest BCUT2D eigenvalue weighted by atomic mass is 16.6. The number of benzene rings is 1. The van der Waals surface area contributed by atoms with Crippen LogP contribution in [0.1, 0.15) is 39.7 Å². The monoisotopic (exact) mass is 342 g/mol. The molecular formula is C19H26N4O2.